The summed E-state index contributed by atoms with van der Waals surface area (Å²) in [6.45, 7) is 3.15. The number of aromatic nitrogens is 3. The third kappa shape index (κ3) is 3.55. The van der Waals surface area contributed by atoms with Gasteiger partial charge in [0.25, 0.3) is 0 Å². The van der Waals surface area contributed by atoms with Crippen molar-refractivity contribution in [1.82, 2.24) is 19.2 Å². The Hall–Kier alpha value is -1.17. The van der Waals surface area contributed by atoms with Crippen molar-refractivity contribution < 1.29 is 0 Å². The average Bonchev–Trinajstić information content (AvgIpc) is 2.91. The Balaban J connectivity index is 1.52. The molecular formula is C19H25ClN4S. The Labute approximate surface area is 159 Å². The minimum absolute atomic E-state index is 0.736. The minimum Gasteiger partial charge on any atom is -0.303 e. The third-order valence-electron chi connectivity index (χ3n) is 5.85. The van der Waals surface area contributed by atoms with Gasteiger partial charge in [0.1, 0.15) is 0 Å². The largest absolute Gasteiger partial charge is 0.303 e. The van der Waals surface area contributed by atoms with Gasteiger partial charge in [-0.1, -0.05) is 30.9 Å². The van der Waals surface area contributed by atoms with Crippen molar-refractivity contribution in [1.29, 1.82) is 0 Å². The van der Waals surface area contributed by atoms with E-state index in [1.807, 2.05) is 40.6 Å². The Morgan fingerprint density at radius 1 is 1.12 bits per heavy atom. The lowest BCUT2D eigenvalue weighted by Crippen LogP contribution is -2.42. The Bertz CT molecular complexity index is 795. The van der Waals surface area contributed by atoms with Crippen molar-refractivity contribution in [2.75, 3.05) is 13.1 Å². The van der Waals surface area contributed by atoms with Crippen molar-refractivity contribution in [2.45, 2.75) is 38.8 Å². The molecule has 4 nitrogen and oxygen atoms in total. The molecular weight excluding hydrogens is 352 g/mol. The highest BCUT2D eigenvalue weighted by atomic mass is 35.5. The lowest BCUT2D eigenvalue weighted by atomic mass is 9.75. The zero-order chi connectivity index (χ0) is 17.4. The van der Waals surface area contributed by atoms with Gasteiger partial charge in [-0.2, -0.15) is 5.10 Å². The van der Waals surface area contributed by atoms with Gasteiger partial charge in [0.15, 0.2) is 10.6 Å². The lowest BCUT2D eigenvalue weighted by molar-refractivity contribution is 0.0625. The summed E-state index contributed by atoms with van der Waals surface area (Å²) in [7, 11) is 1.99. The van der Waals surface area contributed by atoms with Crippen molar-refractivity contribution in [2.24, 2.45) is 18.9 Å². The van der Waals surface area contributed by atoms with Crippen LogP contribution in [0.2, 0.25) is 5.02 Å². The van der Waals surface area contributed by atoms with Crippen LogP contribution in [0.1, 0.15) is 32.1 Å². The highest BCUT2D eigenvalue weighted by Gasteiger charge is 2.31. The number of rotatable bonds is 3. The normalized spacial score (nSPS) is 24.2. The number of likely N-dealkylation sites (tertiary alicyclic amines) is 1. The molecule has 0 bridgehead atoms. The summed E-state index contributed by atoms with van der Waals surface area (Å²) in [6, 6.07) is 7.79. The number of fused-ring (bicyclic) bond motifs is 1. The minimum atomic E-state index is 0.736. The van der Waals surface area contributed by atoms with Crippen molar-refractivity contribution in [3.05, 3.63) is 34.1 Å². The lowest BCUT2D eigenvalue weighted by Gasteiger charge is -2.41. The van der Waals surface area contributed by atoms with Gasteiger partial charge in [-0.05, 0) is 61.2 Å². The molecule has 25 heavy (non-hydrogen) atoms. The molecule has 2 aliphatic rings. The highest BCUT2D eigenvalue weighted by Crippen LogP contribution is 2.36. The summed E-state index contributed by atoms with van der Waals surface area (Å²) in [4.78, 5) is 2.53. The van der Waals surface area contributed by atoms with Crippen molar-refractivity contribution in [3.8, 4) is 11.4 Å². The van der Waals surface area contributed by atoms with Crippen LogP contribution in [0.15, 0.2) is 24.3 Å². The van der Waals surface area contributed by atoms with Crippen LogP contribution in [-0.4, -0.2) is 32.3 Å². The maximum absolute atomic E-state index is 6.00. The molecule has 1 saturated heterocycles. The standard InChI is InChI=1S/C19H25ClN4S/c1-22-18(15-6-8-17(20)9-7-15)21-24(19(22)25)13-23-11-10-14-4-2-3-5-16(14)12-23/h6-9,14,16H,2-5,10-13H2,1H3/t14-,16-/m0/s1. The van der Waals surface area contributed by atoms with Crippen molar-refractivity contribution in [3.63, 3.8) is 0 Å². The van der Waals surface area contributed by atoms with E-state index in [0.29, 0.717) is 0 Å². The predicted molar refractivity (Wildman–Crippen MR) is 104 cm³/mol. The van der Waals surface area contributed by atoms with E-state index in [4.69, 9.17) is 28.9 Å². The zero-order valence-electron chi connectivity index (χ0n) is 14.7. The number of nitrogens with zero attached hydrogens (tertiary/aromatic N) is 4. The molecule has 2 heterocycles. The molecule has 6 heteroatoms. The van der Waals surface area contributed by atoms with Gasteiger partial charge in [0, 0.05) is 30.7 Å². The highest BCUT2D eigenvalue weighted by molar-refractivity contribution is 7.71. The second kappa shape index (κ2) is 7.22. The van der Waals surface area contributed by atoms with E-state index in [1.165, 1.54) is 38.6 Å². The van der Waals surface area contributed by atoms with Gasteiger partial charge in [0.05, 0.1) is 6.67 Å². The van der Waals surface area contributed by atoms with Gasteiger partial charge in [0.2, 0.25) is 0 Å². The molecule has 1 aromatic carbocycles. The van der Waals surface area contributed by atoms with Crippen LogP contribution >= 0.6 is 23.8 Å². The number of hydrogen-bond acceptors (Lipinski definition) is 3. The van der Waals surface area contributed by atoms with E-state index in [1.54, 1.807) is 0 Å². The van der Waals surface area contributed by atoms with Gasteiger partial charge in [-0.3, -0.25) is 4.90 Å². The second-order valence-electron chi connectivity index (χ2n) is 7.48. The van der Waals surface area contributed by atoms with E-state index in [0.717, 1.165) is 46.2 Å². The molecule has 1 aliphatic carbocycles. The molecule has 134 valence electrons. The van der Waals surface area contributed by atoms with Crippen LogP contribution in [0.25, 0.3) is 11.4 Å². The van der Waals surface area contributed by atoms with E-state index in [9.17, 15) is 0 Å². The summed E-state index contributed by atoms with van der Waals surface area (Å²) < 4.78 is 4.74. The summed E-state index contributed by atoms with van der Waals surface area (Å²) in [5, 5.41) is 5.53. The van der Waals surface area contributed by atoms with Crippen LogP contribution in [0.3, 0.4) is 0 Å². The topological polar surface area (TPSA) is 26.0 Å². The van der Waals surface area contributed by atoms with Crippen LogP contribution in [0.5, 0.6) is 0 Å². The SMILES string of the molecule is Cn1c(-c2ccc(Cl)cc2)nn(CN2CC[C@@H]3CCCC[C@H]3C2)c1=S. The molecule has 0 radical (unpaired) electrons. The van der Waals surface area contributed by atoms with Crippen LogP contribution in [0, 0.1) is 16.6 Å². The number of hydrogen-bond donors (Lipinski definition) is 0. The Kier molecular flexibility index (Phi) is 4.98. The average molecular weight is 377 g/mol. The van der Waals surface area contributed by atoms with Crippen LogP contribution in [0.4, 0.5) is 0 Å². The molecule has 0 spiro atoms. The first-order chi connectivity index (χ1) is 12.1. The first-order valence-electron chi connectivity index (χ1n) is 9.24. The molecule has 0 N–H and O–H groups in total. The molecule has 1 aliphatic heterocycles. The van der Waals surface area contributed by atoms with E-state index in [-0.39, 0.29) is 0 Å². The fourth-order valence-electron chi connectivity index (χ4n) is 4.42. The molecule has 2 atom stereocenters. The zero-order valence-corrected chi connectivity index (χ0v) is 16.3. The van der Waals surface area contributed by atoms with Crippen LogP contribution < -0.4 is 0 Å². The van der Waals surface area contributed by atoms with E-state index < -0.39 is 0 Å². The summed E-state index contributed by atoms with van der Waals surface area (Å²) in [6.07, 6.45) is 6.98. The number of halogens is 1. The molecule has 1 aromatic heterocycles. The third-order valence-corrected chi connectivity index (χ3v) is 6.59. The summed E-state index contributed by atoms with van der Waals surface area (Å²) >= 11 is 11.6. The maximum Gasteiger partial charge on any atom is 0.199 e. The van der Waals surface area contributed by atoms with Crippen LogP contribution in [-0.2, 0) is 13.7 Å². The number of benzene rings is 1. The predicted octanol–water partition coefficient (Wildman–Crippen LogP) is 4.74. The first kappa shape index (κ1) is 17.3. The summed E-state index contributed by atoms with van der Waals surface area (Å²) in [5.41, 5.74) is 1.04. The molecule has 4 rings (SSSR count). The molecule has 0 unspecified atom stereocenters. The molecule has 0 amide bonds. The Morgan fingerprint density at radius 2 is 1.84 bits per heavy atom. The van der Waals surface area contributed by atoms with Gasteiger partial charge >= 0.3 is 0 Å². The quantitative estimate of drug-likeness (QED) is 0.723. The fourth-order valence-corrected chi connectivity index (χ4v) is 4.74. The second-order valence-corrected chi connectivity index (χ2v) is 8.28. The fraction of sp³-hybridized carbons (Fsp3) is 0.579. The molecule has 2 aromatic rings. The van der Waals surface area contributed by atoms with Gasteiger partial charge in [-0.25, -0.2) is 4.68 Å². The monoisotopic (exact) mass is 376 g/mol. The molecule has 2 fully saturated rings. The van der Waals surface area contributed by atoms with E-state index >= 15 is 0 Å². The maximum atomic E-state index is 6.00. The molecule has 1 saturated carbocycles. The smallest absolute Gasteiger partial charge is 0.199 e. The van der Waals surface area contributed by atoms with E-state index in [2.05, 4.69) is 4.90 Å². The summed E-state index contributed by atoms with van der Waals surface area (Å²) in [5.74, 6) is 2.72. The Morgan fingerprint density at radius 3 is 2.60 bits per heavy atom. The number of piperidine rings is 1. The van der Waals surface area contributed by atoms with Crippen molar-refractivity contribution >= 4 is 23.8 Å². The van der Waals surface area contributed by atoms with Gasteiger partial charge < -0.3 is 4.57 Å². The van der Waals surface area contributed by atoms with Gasteiger partial charge in [-0.15, -0.1) is 0 Å². The first-order valence-corrected chi connectivity index (χ1v) is 10.0.